The molecule has 0 heterocycles. The van der Waals surface area contributed by atoms with E-state index in [1.165, 1.54) is 5.56 Å². The molecule has 144 valence electrons. The van der Waals surface area contributed by atoms with Gasteiger partial charge in [-0.1, -0.05) is 30.3 Å². The van der Waals surface area contributed by atoms with Crippen LogP contribution in [0, 0.1) is 5.92 Å². The molecule has 0 N–H and O–H groups in total. The first-order valence-electron chi connectivity index (χ1n) is 8.91. The summed E-state index contributed by atoms with van der Waals surface area (Å²) < 4.78 is 10.5. The van der Waals surface area contributed by atoms with E-state index in [-0.39, 0.29) is 12.5 Å². The number of carbonyl (C=O) groups excluding carboxylic acids is 2. The van der Waals surface area contributed by atoms with Crippen LogP contribution in [-0.4, -0.2) is 35.1 Å². The van der Waals surface area contributed by atoms with Crippen LogP contribution in [0.5, 0.6) is 0 Å². The van der Waals surface area contributed by atoms with Gasteiger partial charge in [-0.2, -0.15) is 0 Å². The monoisotopic (exact) mass is 363 g/mol. The topological polar surface area (TPSA) is 65.1 Å². The van der Waals surface area contributed by atoms with Gasteiger partial charge in [0.05, 0.1) is 6.54 Å². The molecule has 0 bridgehead atoms. The van der Waals surface area contributed by atoms with Crippen molar-refractivity contribution in [3.63, 3.8) is 0 Å². The molecule has 2 rings (SSSR count). The summed E-state index contributed by atoms with van der Waals surface area (Å²) in [6.07, 6.45) is -0.677. The summed E-state index contributed by atoms with van der Waals surface area (Å²) in [5.41, 5.74) is -0.170. The van der Waals surface area contributed by atoms with E-state index in [1.54, 1.807) is 41.5 Å². The molecule has 0 saturated heterocycles. The SMILES string of the molecule is CC(C)(C)OC(=O)ON(C[C@H]1CC1c1ccccc1)C(=O)OC(C)(C)C. The van der Waals surface area contributed by atoms with Crippen molar-refractivity contribution in [2.75, 3.05) is 6.54 Å². The van der Waals surface area contributed by atoms with Crippen LogP contribution in [0.15, 0.2) is 30.3 Å². The van der Waals surface area contributed by atoms with Crippen molar-refractivity contribution >= 4 is 12.2 Å². The molecule has 1 unspecified atom stereocenters. The molecule has 1 aliphatic carbocycles. The Morgan fingerprint density at radius 2 is 1.58 bits per heavy atom. The van der Waals surface area contributed by atoms with Gasteiger partial charge in [-0.3, -0.25) is 0 Å². The molecule has 2 atom stereocenters. The molecule has 26 heavy (non-hydrogen) atoms. The fraction of sp³-hybridized carbons (Fsp3) is 0.600. The third kappa shape index (κ3) is 6.58. The fourth-order valence-corrected chi connectivity index (χ4v) is 2.59. The van der Waals surface area contributed by atoms with Gasteiger partial charge in [0.15, 0.2) is 0 Å². The first-order chi connectivity index (χ1) is 11.9. The zero-order valence-electron chi connectivity index (χ0n) is 16.4. The highest BCUT2D eigenvalue weighted by molar-refractivity contribution is 5.70. The molecule has 6 nitrogen and oxygen atoms in total. The average Bonchev–Trinajstić information content (AvgIpc) is 3.23. The predicted molar refractivity (Wildman–Crippen MR) is 97.5 cm³/mol. The Morgan fingerprint density at radius 3 is 2.12 bits per heavy atom. The van der Waals surface area contributed by atoms with E-state index >= 15 is 0 Å². The lowest BCUT2D eigenvalue weighted by Crippen LogP contribution is -2.40. The smallest absolute Gasteiger partial charge is 0.442 e. The molecule has 1 fully saturated rings. The predicted octanol–water partition coefficient (Wildman–Crippen LogP) is 4.89. The van der Waals surface area contributed by atoms with Gasteiger partial charge in [0.25, 0.3) is 0 Å². The van der Waals surface area contributed by atoms with Crippen LogP contribution < -0.4 is 0 Å². The zero-order valence-corrected chi connectivity index (χ0v) is 16.4. The van der Waals surface area contributed by atoms with Gasteiger partial charge < -0.3 is 14.3 Å². The molecule has 1 aromatic carbocycles. The summed E-state index contributed by atoms with van der Waals surface area (Å²) in [6.45, 7) is 10.8. The normalized spacial score (nSPS) is 19.5. The Hall–Kier alpha value is -2.24. The molecule has 0 spiro atoms. The Morgan fingerprint density at radius 1 is 1.00 bits per heavy atom. The van der Waals surface area contributed by atoms with E-state index in [4.69, 9.17) is 14.3 Å². The third-order valence-electron chi connectivity index (χ3n) is 3.72. The Balaban J connectivity index is 2.01. The Kier molecular flexibility index (Phi) is 5.84. The second kappa shape index (κ2) is 7.56. The molecule has 0 radical (unpaired) electrons. The lowest BCUT2D eigenvalue weighted by Gasteiger charge is -2.27. The number of amides is 1. The Labute approximate surface area is 155 Å². The maximum atomic E-state index is 12.4. The van der Waals surface area contributed by atoms with Crippen molar-refractivity contribution in [2.45, 2.75) is 65.1 Å². The minimum atomic E-state index is -0.916. The van der Waals surface area contributed by atoms with E-state index in [1.807, 2.05) is 18.2 Å². The second-order valence-electron chi connectivity index (χ2n) is 8.61. The van der Waals surface area contributed by atoms with Gasteiger partial charge in [0, 0.05) is 0 Å². The van der Waals surface area contributed by atoms with Crippen molar-refractivity contribution in [2.24, 2.45) is 5.92 Å². The molecule has 1 aliphatic rings. The standard InChI is InChI=1S/C20H29NO5/c1-19(2,3)24-17(22)21(26-18(23)25-20(4,5)6)13-15-12-16(15)14-10-8-7-9-11-14/h7-11,15-16H,12-13H2,1-6H3/t15-,16?/m1/s1. The van der Waals surface area contributed by atoms with Crippen molar-refractivity contribution < 1.29 is 23.9 Å². The molecule has 1 aromatic rings. The van der Waals surface area contributed by atoms with Crippen LogP contribution >= 0.6 is 0 Å². The van der Waals surface area contributed by atoms with E-state index in [9.17, 15) is 9.59 Å². The molecule has 1 amide bonds. The van der Waals surface area contributed by atoms with Gasteiger partial charge in [-0.05, 0) is 65.4 Å². The highest BCUT2D eigenvalue weighted by Gasteiger charge is 2.42. The maximum Gasteiger partial charge on any atom is 0.534 e. The number of benzene rings is 1. The summed E-state index contributed by atoms with van der Waals surface area (Å²) in [4.78, 5) is 29.6. The van der Waals surface area contributed by atoms with E-state index < -0.39 is 23.5 Å². The molecule has 0 aliphatic heterocycles. The summed E-state index contributed by atoms with van der Waals surface area (Å²) in [5, 5.41) is 0.979. The van der Waals surface area contributed by atoms with Crippen LogP contribution in [0.1, 0.15) is 59.4 Å². The van der Waals surface area contributed by atoms with Crippen LogP contribution in [0.4, 0.5) is 9.59 Å². The number of rotatable bonds is 3. The summed E-state index contributed by atoms with van der Waals surface area (Å²) in [5.74, 6) is 0.565. The van der Waals surface area contributed by atoms with E-state index in [2.05, 4.69) is 12.1 Å². The van der Waals surface area contributed by atoms with Crippen molar-refractivity contribution in [3.8, 4) is 0 Å². The van der Waals surface area contributed by atoms with E-state index in [0.717, 1.165) is 11.5 Å². The van der Waals surface area contributed by atoms with Gasteiger partial charge >= 0.3 is 12.2 Å². The summed E-state index contributed by atoms with van der Waals surface area (Å²) in [6, 6.07) is 10.1. The molecule has 0 aromatic heterocycles. The number of hydrogen-bond donors (Lipinski definition) is 0. The maximum absolute atomic E-state index is 12.4. The second-order valence-corrected chi connectivity index (χ2v) is 8.61. The van der Waals surface area contributed by atoms with Gasteiger partial charge in [0.1, 0.15) is 11.2 Å². The fourth-order valence-electron chi connectivity index (χ4n) is 2.59. The number of ether oxygens (including phenoxy) is 2. The minimum Gasteiger partial charge on any atom is -0.442 e. The number of nitrogens with zero attached hydrogens (tertiary/aromatic N) is 1. The first-order valence-corrected chi connectivity index (χ1v) is 8.91. The lowest BCUT2D eigenvalue weighted by atomic mass is 10.1. The average molecular weight is 363 g/mol. The summed E-state index contributed by atoms with van der Waals surface area (Å²) >= 11 is 0. The first kappa shape index (κ1) is 20.1. The minimum absolute atomic E-state index is 0.215. The molecule has 6 heteroatoms. The molecule has 1 saturated carbocycles. The Bertz CT molecular complexity index is 630. The quantitative estimate of drug-likeness (QED) is 0.565. The van der Waals surface area contributed by atoms with Crippen LogP contribution in [-0.2, 0) is 14.3 Å². The third-order valence-corrected chi connectivity index (χ3v) is 3.72. The van der Waals surface area contributed by atoms with Crippen LogP contribution in [0.25, 0.3) is 0 Å². The number of hydrogen-bond acceptors (Lipinski definition) is 5. The van der Waals surface area contributed by atoms with Crippen molar-refractivity contribution in [1.29, 1.82) is 0 Å². The van der Waals surface area contributed by atoms with Crippen molar-refractivity contribution in [3.05, 3.63) is 35.9 Å². The number of carbonyl (C=O) groups is 2. The van der Waals surface area contributed by atoms with Gasteiger partial charge in [-0.15, -0.1) is 5.06 Å². The van der Waals surface area contributed by atoms with Crippen LogP contribution in [0.3, 0.4) is 0 Å². The van der Waals surface area contributed by atoms with E-state index in [0.29, 0.717) is 5.92 Å². The molecular formula is C20H29NO5. The molecular weight excluding hydrogens is 334 g/mol. The van der Waals surface area contributed by atoms with Crippen molar-refractivity contribution in [1.82, 2.24) is 5.06 Å². The van der Waals surface area contributed by atoms with Gasteiger partial charge in [-0.25, -0.2) is 9.59 Å². The zero-order chi connectivity index (χ0) is 19.5. The lowest BCUT2D eigenvalue weighted by molar-refractivity contribution is -0.137. The highest BCUT2D eigenvalue weighted by Crippen LogP contribution is 2.47. The summed E-state index contributed by atoms with van der Waals surface area (Å²) in [7, 11) is 0. The largest absolute Gasteiger partial charge is 0.534 e. The highest BCUT2D eigenvalue weighted by atomic mass is 16.8. The van der Waals surface area contributed by atoms with Gasteiger partial charge in [0.2, 0.25) is 0 Å². The van der Waals surface area contributed by atoms with Crippen LogP contribution in [0.2, 0.25) is 0 Å². The number of hydroxylamine groups is 2.